The van der Waals surface area contributed by atoms with Crippen molar-refractivity contribution in [2.24, 2.45) is 0 Å². The van der Waals surface area contributed by atoms with Crippen molar-refractivity contribution in [1.82, 2.24) is 10.6 Å². The van der Waals surface area contributed by atoms with Gasteiger partial charge in [-0.05, 0) is 19.8 Å². The smallest absolute Gasteiger partial charge is 0.236 e. The van der Waals surface area contributed by atoms with E-state index in [9.17, 15) is 4.79 Å². The van der Waals surface area contributed by atoms with E-state index in [1.807, 2.05) is 6.92 Å². The van der Waals surface area contributed by atoms with E-state index in [2.05, 4.69) is 10.6 Å². The molecule has 1 fully saturated rings. The maximum atomic E-state index is 11.6. The zero-order chi connectivity index (χ0) is 11.8. The number of ether oxygens (including phenoxy) is 2. The molecule has 0 saturated carbocycles. The molecule has 2 unspecified atom stereocenters. The van der Waals surface area contributed by atoms with Gasteiger partial charge in [-0.25, -0.2) is 0 Å². The maximum absolute atomic E-state index is 11.6. The molecule has 16 heavy (non-hydrogen) atoms. The molecule has 94 valence electrons. The van der Waals surface area contributed by atoms with Crippen molar-refractivity contribution in [3.05, 3.63) is 0 Å². The summed E-state index contributed by atoms with van der Waals surface area (Å²) in [5.41, 5.74) is 0. The highest BCUT2D eigenvalue weighted by Crippen LogP contribution is 2.04. The number of methoxy groups -OCH3 is 1. The minimum absolute atomic E-state index is 0.0444. The van der Waals surface area contributed by atoms with Gasteiger partial charge in [0.1, 0.15) is 0 Å². The minimum atomic E-state index is -0.158. The fourth-order valence-corrected chi connectivity index (χ4v) is 1.68. The first-order valence-electron chi connectivity index (χ1n) is 5.84. The van der Waals surface area contributed by atoms with Crippen LogP contribution in [0.1, 0.15) is 19.8 Å². The Kier molecular flexibility index (Phi) is 6.37. The number of hydrogen-bond acceptors (Lipinski definition) is 4. The Balaban J connectivity index is 2.09. The average molecular weight is 230 g/mol. The summed E-state index contributed by atoms with van der Waals surface area (Å²) in [6.45, 7) is 4.73. The largest absolute Gasteiger partial charge is 0.385 e. The molecule has 1 rings (SSSR count). The molecule has 0 aliphatic carbocycles. The van der Waals surface area contributed by atoms with Gasteiger partial charge in [0.05, 0.1) is 12.6 Å². The van der Waals surface area contributed by atoms with Gasteiger partial charge in [0.25, 0.3) is 0 Å². The van der Waals surface area contributed by atoms with E-state index in [4.69, 9.17) is 9.47 Å². The lowest BCUT2D eigenvalue weighted by Crippen LogP contribution is -2.47. The number of nitrogens with one attached hydrogen (secondary N) is 2. The summed E-state index contributed by atoms with van der Waals surface area (Å²) in [7, 11) is 1.66. The number of carbonyl (C=O) groups is 1. The van der Waals surface area contributed by atoms with Crippen LogP contribution < -0.4 is 10.6 Å². The van der Waals surface area contributed by atoms with Crippen LogP contribution in [0.4, 0.5) is 0 Å². The molecule has 2 atom stereocenters. The summed E-state index contributed by atoms with van der Waals surface area (Å²) in [6.07, 6.45) is 1.84. The molecule has 1 aliphatic heterocycles. The lowest BCUT2D eigenvalue weighted by molar-refractivity contribution is -0.123. The Morgan fingerprint density at radius 3 is 3.06 bits per heavy atom. The fourth-order valence-electron chi connectivity index (χ4n) is 1.68. The van der Waals surface area contributed by atoms with E-state index in [-0.39, 0.29) is 11.9 Å². The zero-order valence-electron chi connectivity index (χ0n) is 10.1. The quantitative estimate of drug-likeness (QED) is 0.600. The predicted octanol–water partition coefficient (Wildman–Crippen LogP) is -0.0939. The van der Waals surface area contributed by atoms with Crippen LogP contribution in [0.2, 0.25) is 0 Å². The topological polar surface area (TPSA) is 59.6 Å². The van der Waals surface area contributed by atoms with Gasteiger partial charge in [-0.2, -0.15) is 0 Å². The summed E-state index contributed by atoms with van der Waals surface area (Å²) in [4.78, 5) is 11.6. The van der Waals surface area contributed by atoms with Gasteiger partial charge < -0.3 is 20.1 Å². The highest BCUT2D eigenvalue weighted by atomic mass is 16.5. The highest BCUT2D eigenvalue weighted by molar-refractivity contribution is 5.81. The molecular weight excluding hydrogens is 208 g/mol. The first kappa shape index (κ1) is 13.4. The Bertz CT molecular complexity index is 205. The van der Waals surface area contributed by atoms with Crippen molar-refractivity contribution in [2.45, 2.75) is 31.8 Å². The summed E-state index contributed by atoms with van der Waals surface area (Å²) >= 11 is 0. The van der Waals surface area contributed by atoms with Gasteiger partial charge in [-0.3, -0.25) is 4.79 Å². The maximum Gasteiger partial charge on any atom is 0.236 e. The summed E-state index contributed by atoms with van der Waals surface area (Å²) < 4.78 is 10.1. The molecule has 1 aliphatic rings. The Morgan fingerprint density at radius 1 is 1.62 bits per heavy atom. The van der Waals surface area contributed by atoms with Crippen molar-refractivity contribution < 1.29 is 14.3 Å². The second kappa shape index (κ2) is 7.60. The number of amides is 1. The molecule has 0 aromatic carbocycles. The molecule has 2 N–H and O–H groups in total. The van der Waals surface area contributed by atoms with Crippen LogP contribution in [-0.2, 0) is 14.3 Å². The Morgan fingerprint density at radius 2 is 2.44 bits per heavy atom. The van der Waals surface area contributed by atoms with Gasteiger partial charge in [0, 0.05) is 32.9 Å². The van der Waals surface area contributed by atoms with Gasteiger partial charge in [0.2, 0.25) is 5.91 Å². The Labute approximate surface area is 96.9 Å². The summed E-state index contributed by atoms with van der Waals surface area (Å²) in [6, 6.07) is 0.161. The van der Waals surface area contributed by atoms with Crippen LogP contribution in [-0.4, -0.2) is 51.5 Å². The van der Waals surface area contributed by atoms with Gasteiger partial charge in [-0.15, -0.1) is 0 Å². The molecule has 0 bridgehead atoms. The number of rotatable bonds is 7. The van der Waals surface area contributed by atoms with E-state index < -0.39 is 0 Å². The average Bonchev–Trinajstić information content (AvgIpc) is 2.76. The van der Waals surface area contributed by atoms with Crippen LogP contribution >= 0.6 is 0 Å². The molecule has 1 amide bonds. The van der Waals surface area contributed by atoms with E-state index in [0.717, 1.165) is 19.4 Å². The monoisotopic (exact) mass is 230 g/mol. The molecule has 5 nitrogen and oxygen atoms in total. The van der Waals surface area contributed by atoms with Gasteiger partial charge >= 0.3 is 0 Å². The van der Waals surface area contributed by atoms with E-state index in [1.54, 1.807) is 7.11 Å². The lowest BCUT2D eigenvalue weighted by atomic mass is 10.2. The van der Waals surface area contributed by atoms with Crippen molar-refractivity contribution in [1.29, 1.82) is 0 Å². The molecule has 5 heteroatoms. The van der Waals surface area contributed by atoms with E-state index in [1.165, 1.54) is 0 Å². The van der Waals surface area contributed by atoms with Crippen LogP contribution in [0.25, 0.3) is 0 Å². The summed E-state index contributed by atoms with van der Waals surface area (Å²) in [5, 5.41) is 6.12. The molecule has 0 aromatic rings. The van der Waals surface area contributed by atoms with Crippen LogP contribution in [0.3, 0.4) is 0 Å². The third kappa shape index (κ3) is 4.92. The predicted molar refractivity (Wildman–Crippen MR) is 61.3 cm³/mol. The zero-order valence-corrected chi connectivity index (χ0v) is 10.1. The SMILES string of the molecule is COCCCNC(=O)C(C)NC1CCOC1. The molecule has 1 saturated heterocycles. The van der Waals surface area contributed by atoms with Crippen molar-refractivity contribution >= 4 is 5.91 Å². The van der Waals surface area contributed by atoms with Crippen molar-refractivity contribution in [3.63, 3.8) is 0 Å². The van der Waals surface area contributed by atoms with Crippen LogP contribution in [0.5, 0.6) is 0 Å². The number of carbonyl (C=O) groups excluding carboxylic acids is 1. The van der Waals surface area contributed by atoms with Gasteiger partial charge in [-0.1, -0.05) is 0 Å². The molecule has 1 heterocycles. The van der Waals surface area contributed by atoms with E-state index >= 15 is 0 Å². The third-order valence-corrected chi connectivity index (χ3v) is 2.63. The first-order valence-corrected chi connectivity index (χ1v) is 5.84. The molecule has 0 spiro atoms. The second-order valence-corrected chi connectivity index (χ2v) is 4.09. The van der Waals surface area contributed by atoms with E-state index in [0.29, 0.717) is 25.8 Å². The van der Waals surface area contributed by atoms with Crippen molar-refractivity contribution in [3.8, 4) is 0 Å². The van der Waals surface area contributed by atoms with Crippen LogP contribution in [0, 0.1) is 0 Å². The summed E-state index contributed by atoms with van der Waals surface area (Å²) in [5.74, 6) is 0.0444. The first-order chi connectivity index (χ1) is 7.74. The highest BCUT2D eigenvalue weighted by Gasteiger charge is 2.20. The standard InChI is InChI=1S/C11H22N2O3/c1-9(13-10-4-7-16-8-10)11(14)12-5-3-6-15-2/h9-10,13H,3-8H2,1-2H3,(H,12,14). The lowest BCUT2D eigenvalue weighted by Gasteiger charge is -2.17. The molecule has 0 radical (unpaired) electrons. The second-order valence-electron chi connectivity index (χ2n) is 4.09. The third-order valence-electron chi connectivity index (χ3n) is 2.63. The normalized spacial score (nSPS) is 22.0. The van der Waals surface area contributed by atoms with Crippen LogP contribution in [0.15, 0.2) is 0 Å². The Hall–Kier alpha value is -0.650. The van der Waals surface area contributed by atoms with Gasteiger partial charge in [0.15, 0.2) is 0 Å². The molecular formula is C11H22N2O3. The minimum Gasteiger partial charge on any atom is -0.385 e. The molecule has 0 aromatic heterocycles. The fraction of sp³-hybridized carbons (Fsp3) is 0.909. The van der Waals surface area contributed by atoms with Crippen molar-refractivity contribution in [2.75, 3.05) is 33.5 Å². The number of hydrogen-bond donors (Lipinski definition) is 2.